The average molecular weight is 418 g/mol. The number of hydrogen-bond donors (Lipinski definition) is 0. The molecule has 1 aromatic rings. The second-order valence-electron chi connectivity index (χ2n) is 5.60. The molecule has 3 unspecified atom stereocenters. The van der Waals surface area contributed by atoms with Crippen molar-refractivity contribution in [2.75, 3.05) is 6.61 Å². The van der Waals surface area contributed by atoms with Crippen LogP contribution in [0.15, 0.2) is 24.3 Å². The minimum atomic E-state index is -4.16. The third-order valence-electron chi connectivity index (χ3n) is 3.98. The van der Waals surface area contributed by atoms with E-state index in [1.165, 1.54) is 18.2 Å². The van der Waals surface area contributed by atoms with E-state index in [1.54, 1.807) is 13.0 Å². The number of nitro groups is 1. The normalized spacial score (nSPS) is 27.0. The Labute approximate surface area is 154 Å². The Morgan fingerprint density at radius 1 is 1.42 bits per heavy atom. The second-order valence-corrected chi connectivity index (χ2v) is 9.60. The smallest absolute Gasteiger partial charge is 0.258 e. The Kier molecular flexibility index (Phi) is 5.40. The van der Waals surface area contributed by atoms with Gasteiger partial charge in [0.1, 0.15) is 6.61 Å². The number of alkyl halides is 3. The summed E-state index contributed by atoms with van der Waals surface area (Å²) < 4.78 is 28.9. The number of nitrogens with zero attached hydrogens (tertiary/aromatic N) is 2. The number of rotatable bonds is 6. The molecule has 1 heterocycles. The molecule has 0 N–H and O–H groups in total. The van der Waals surface area contributed by atoms with Crippen molar-refractivity contribution in [3.8, 4) is 0 Å². The molecule has 2 rings (SSSR count). The molecule has 1 saturated heterocycles. The number of nitro benzene ring substituents is 1. The molecule has 1 fully saturated rings. The van der Waals surface area contributed by atoms with Gasteiger partial charge in [-0.05, 0) is 18.9 Å². The topological polar surface area (TPSA) is 89.5 Å². The van der Waals surface area contributed by atoms with Crippen LogP contribution in [0.2, 0.25) is 0 Å². The van der Waals surface area contributed by atoms with Gasteiger partial charge in [0.15, 0.2) is 0 Å². The largest absolute Gasteiger partial charge is 0.339 e. The minimum Gasteiger partial charge on any atom is -0.258 e. The Hall–Kier alpha value is -0.640. The number of hydrogen-bond acceptors (Lipinski definition) is 5. The fourth-order valence-electron chi connectivity index (χ4n) is 2.63. The zero-order valence-corrected chi connectivity index (χ0v) is 15.9. The van der Waals surface area contributed by atoms with Crippen LogP contribution in [-0.2, 0) is 14.5 Å². The van der Waals surface area contributed by atoms with Crippen molar-refractivity contribution >= 4 is 50.8 Å². The highest BCUT2D eigenvalue weighted by Gasteiger charge is 2.65. The molecule has 24 heavy (non-hydrogen) atoms. The zero-order chi connectivity index (χ0) is 18.3. The van der Waals surface area contributed by atoms with Crippen LogP contribution in [0.25, 0.3) is 0 Å². The zero-order valence-electron chi connectivity index (χ0n) is 12.8. The molecular weight excluding hydrogens is 403 g/mol. The van der Waals surface area contributed by atoms with Crippen LogP contribution < -0.4 is 0 Å². The summed E-state index contributed by atoms with van der Waals surface area (Å²) in [5.74, 6) is 0. The molecule has 0 aromatic heterocycles. The monoisotopic (exact) mass is 416 g/mol. The van der Waals surface area contributed by atoms with E-state index in [0.717, 1.165) is 4.31 Å². The third-order valence-corrected chi connectivity index (χ3v) is 5.84. The van der Waals surface area contributed by atoms with Crippen LogP contribution in [0.4, 0.5) is 5.69 Å². The van der Waals surface area contributed by atoms with E-state index in [2.05, 4.69) is 0 Å². The van der Waals surface area contributed by atoms with E-state index >= 15 is 0 Å². The van der Waals surface area contributed by atoms with E-state index < -0.39 is 37.2 Å². The van der Waals surface area contributed by atoms with Gasteiger partial charge in [0.2, 0.25) is 3.79 Å². The van der Waals surface area contributed by atoms with E-state index in [9.17, 15) is 18.5 Å². The molecule has 0 radical (unpaired) electrons. The standard InChI is InChI=1S/C13H15Cl3N2O5S/c1-3-12(2)11(9-5-4-6-10(7-9)18(19)20)17(12)24(21,22)23-8-13(14,15)16/h4-7,11H,3,8H2,1-2H3. The maximum Gasteiger partial charge on any atom is 0.339 e. The maximum absolute atomic E-state index is 12.4. The van der Waals surface area contributed by atoms with E-state index in [4.69, 9.17) is 39.0 Å². The fourth-order valence-corrected chi connectivity index (χ4v) is 4.73. The van der Waals surface area contributed by atoms with Crippen molar-refractivity contribution < 1.29 is 17.5 Å². The summed E-state index contributed by atoms with van der Waals surface area (Å²) in [6.45, 7) is 2.92. The van der Waals surface area contributed by atoms with Gasteiger partial charge >= 0.3 is 10.3 Å². The molecule has 7 nitrogen and oxygen atoms in total. The maximum atomic E-state index is 12.4. The van der Waals surface area contributed by atoms with Crippen LogP contribution >= 0.6 is 34.8 Å². The van der Waals surface area contributed by atoms with Crippen LogP contribution in [0.3, 0.4) is 0 Å². The van der Waals surface area contributed by atoms with Crippen molar-refractivity contribution in [3.63, 3.8) is 0 Å². The molecule has 3 atom stereocenters. The van der Waals surface area contributed by atoms with Gasteiger partial charge in [-0.3, -0.25) is 14.3 Å². The van der Waals surface area contributed by atoms with Gasteiger partial charge in [0.05, 0.1) is 16.5 Å². The molecule has 11 heteroatoms. The first-order valence-electron chi connectivity index (χ1n) is 6.92. The highest BCUT2D eigenvalue weighted by atomic mass is 35.6. The van der Waals surface area contributed by atoms with Gasteiger partial charge < -0.3 is 0 Å². The average Bonchev–Trinajstić information content (AvgIpc) is 3.13. The van der Waals surface area contributed by atoms with E-state index in [-0.39, 0.29) is 5.69 Å². The van der Waals surface area contributed by atoms with E-state index in [1.807, 2.05) is 6.92 Å². The summed E-state index contributed by atoms with van der Waals surface area (Å²) in [6.07, 6.45) is 0.483. The second kappa shape index (κ2) is 6.59. The molecule has 0 saturated carbocycles. The minimum absolute atomic E-state index is 0.114. The van der Waals surface area contributed by atoms with Gasteiger partial charge in [0, 0.05) is 12.1 Å². The highest BCUT2D eigenvalue weighted by molar-refractivity contribution is 7.84. The first kappa shape index (κ1) is 19.7. The van der Waals surface area contributed by atoms with Gasteiger partial charge in [-0.1, -0.05) is 53.9 Å². The third kappa shape index (κ3) is 3.95. The fraction of sp³-hybridized carbons (Fsp3) is 0.538. The summed E-state index contributed by atoms with van der Waals surface area (Å²) in [6, 6.07) is 5.25. The first-order chi connectivity index (χ1) is 10.9. The Morgan fingerprint density at radius 3 is 2.54 bits per heavy atom. The van der Waals surface area contributed by atoms with E-state index in [0.29, 0.717) is 12.0 Å². The lowest BCUT2D eigenvalue weighted by molar-refractivity contribution is -0.384. The molecule has 0 amide bonds. The number of halogens is 3. The van der Waals surface area contributed by atoms with Crippen LogP contribution in [0.1, 0.15) is 31.9 Å². The quantitative estimate of drug-likeness (QED) is 0.304. The Balaban J connectivity index is 2.31. The lowest BCUT2D eigenvalue weighted by Gasteiger charge is -2.13. The van der Waals surface area contributed by atoms with Gasteiger partial charge in [-0.2, -0.15) is 12.7 Å². The van der Waals surface area contributed by atoms with Crippen molar-refractivity contribution in [1.82, 2.24) is 4.31 Å². The van der Waals surface area contributed by atoms with Crippen molar-refractivity contribution in [2.45, 2.75) is 35.6 Å². The van der Waals surface area contributed by atoms with Crippen molar-refractivity contribution in [1.29, 1.82) is 0 Å². The van der Waals surface area contributed by atoms with Crippen molar-refractivity contribution in [3.05, 3.63) is 39.9 Å². The molecule has 0 spiro atoms. The predicted octanol–water partition coefficient (Wildman–Crippen LogP) is 3.75. The predicted molar refractivity (Wildman–Crippen MR) is 91.5 cm³/mol. The highest BCUT2D eigenvalue weighted by Crippen LogP contribution is 2.57. The summed E-state index contributed by atoms with van der Waals surface area (Å²) in [7, 11) is -4.16. The number of benzene rings is 1. The Morgan fingerprint density at radius 2 is 2.04 bits per heavy atom. The molecule has 0 aliphatic carbocycles. The molecule has 1 aromatic carbocycles. The molecule has 1 aliphatic heterocycles. The Bertz CT molecular complexity index is 752. The molecule has 134 valence electrons. The summed E-state index contributed by atoms with van der Waals surface area (Å²) in [5, 5.41) is 10.9. The van der Waals surface area contributed by atoms with Crippen LogP contribution in [-0.4, -0.2) is 33.6 Å². The van der Waals surface area contributed by atoms with Gasteiger partial charge in [0.25, 0.3) is 5.69 Å². The van der Waals surface area contributed by atoms with Crippen molar-refractivity contribution in [2.24, 2.45) is 0 Å². The van der Waals surface area contributed by atoms with Crippen LogP contribution in [0.5, 0.6) is 0 Å². The van der Waals surface area contributed by atoms with Crippen LogP contribution in [0, 0.1) is 10.1 Å². The van der Waals surface area contributed by atoms with Gasteiger partial charge in [-0.15, -0.1) is 0 Å². The molecule has 1 aliphatic rings. The lowest BCUT2D eigenvalue weighted by Crippen LogP contribution is -2.26. The molecular formula is C13H15Cl3N2O5S. The van der Waals surface area contributed by atoms with Gasteiger partial charge in [-0.25, -0.2) is 0 Å². The summed E-state index contributed by atoms with van der Waals surface area (Å²) in [5.41, 5.74) is -0.367. The first-order valence-corrected chi connectivity index (χ1v) is 9.42. The molecule has 0 bridgehead atoms. The summed E-state index contributed by atoms with van der Waals surface area (Å²) >= 11 is 16.6. The lowest BCUT2D eigenvalue weighted by atomic mass is 9.99. The summed E-state index contributed by atoms with van der Waals surface area (Å²) in [4.78, 5) is 10.4. The SMILES string of the molecule is CCC1(C)C(c2cccc([N+](=O)[O-])c2)N1S(=O)(=O)OCC(Cl)(Cl)Cl. The number of non-ortho nitro benzene ring substituents is 1.